The zero-order valence-electron chi connectivity index (χ0n) is 14.1. The molecule has 0 spiro atoms. The summed E-state index contributed by atoms with van der Waals surface area (Å²) >= 11 is 0. The van der Waals surface area contributed by atoms with Crippen LogP contribution in [0.2, 0.25) is 0 Å². The number of hydrogen-bond acceptors (Lipinski definition) is 3. The lowest BCUT2D eigenvalue weighted by molar-refractivity contribution is -0.120. The second-order valence-electron chi connectivity index (χ2n) is 5.68. The molecular formula is C19H18F2N2O3. The lowest BCUT2D eigenvalue weighted by atomic mass is 10.1. The van der Waals surface area contributed by atoms with Crippen LogP contribution in [0.4, 0.5) is 8.78 Å². The number of nitrogens with one attached hydrogen (secondary N) is 2. The summed E-state index contributed by atoms with van der Waals surface area (Å²) in [6.07, 6.45) is 2.07. The molecule has 3 rings (SSSR count). The van der Waals surface area contributed by atoms with Crippen LogP contribution in [0.3, 0.4) is 0 Å². The van der Waals surface area contributed by atoms with Crippen molar-refractivity contribution in [1.29, 1.82) is 0 Å². The standard InChI is InChI=1S/C19H18F2N2O3/c1-25-17-8-12(6-7-16(17)26-19(20)21)10-23-18(24)9-13-11-22-15-5-3-2-4-14(13)15/h2-8,11,19,22H,9-10H2,1H3,(H,23,24). The smallest absolute Gasteiger partial charge is 0.387 e. The molecule has 0 saturated carbocycles. The first-order valence-electron chi connectivity index (χ1n) is 8.00. The molecule has 0 atom stereocenters. The molecule has 5 nitrogen and oxygen atoms in total. The van der Waals surface area contributed by atoms with Gasteiger partial charge in [0.15, 0.2) is 11.5 Å². The first-order valence-corrected chi connectivity index (χ1v) is 8.00. The van der Waals surface area contributed by atoms with Crippen molar-refractivity contribution in [3.63, 3.8) is 0 Å². The van der Waals surface area contributed by atoms with Gasteiger partial charge in [-0.25, -0.2) is 0 Å². The van der Waals surface area contributed by atoms with E-state index in [0.717, 1.165) is 22.0 Å². The van der Waals surface area contributed by atoms with Crippen molar-refractivity contribution >= 4 is 16.8 Å². The van der Waals surface area contributed by atoms with Crippen LogP contribution in [0.1, 0.15) is 11.1 Å². The van der Waals surface area contributed by atoms with E-state index in [-0.39, 0.29) is 30.4 Å². The second-order valence-corrected chi connectivity index (χ2v) is 5.68. The number of methoxy groups -OCH3 is 1. The monoisotopic (exact) mass is 360 g/mol. The first-order chi connectivity index (χ1) is 12.6. The summed E-state index contributed by atoms with van der Waals surface area (Å²) in [5, 5.41) is 3.83. The average Bonchev–Trinajstić information content (AvgIpc) is 3.03. The van der Waals surface area contributed by atoms with E-state index in [1.165, 1.54) is 13.2 Å². The van der Waals surface area contributed by atoms with Crippen LogP contribution >= 0.6 is 0 Å². The fourth-order valence-corrected chi connectivity index (χ4v) is 2.73. The Balaban J connectivity index is 1.62. The molecule has 1 aromatic heterocycles. The Morgan fingerprint density at radius 2 is 2.00 bits per heavy atom. The van der Waals surface area contributed by atoms with E-state index in [1.807, 2.05) is 30.5 Å². The fourth-order valence-electron chi connectivity index (χ4n) is 2.73. The summed E-state index contributed by atoms with van der Waals surface area (Å²) in [4.78, 5) is 15.3. The number of aromatic amines is 1. The van der Waals surface area contributed by atoms with Crippen molar-refractivity contribution in [3.05, 3.63) is 59.8 Å². The molecule has 0 aliphatic heterocycles. The molecule has 3 aromatic rings. The Morgan fingerprint density at radius 1 is 1.19 bits per heavy atom. The Kier molecular flexibility index (Phi) is 5.36. The molecule has 0 radical (unpaired) electrons. The fraction of sp³-hybridized carbons (Fsp3) is 0.211. The maximum absolute atomic E-state index is 12.3. The zero-order valence-corrected chi connectivity index (χ0v) is 14.1. The highest BCUT2D eigenvalue weighted by Crippen LogP contribution is 2.29. The minimum Gasteiger partial charge on any atom is -0.493 e. The Bertz CT molecular complexity index is 909. The SMILES string of the molecule is COc1cc(CNC(=O)Cc2c[nH]c3ccccc23)ccc1OC(F)F. The number of ether oxygens (including phenoxy) is 2. The molecule has 0 unspecified atom stereocenters. The number of halogens is 2. The molecule has 136 valence electrons. The van der Waals surface area contributed by atoms with Crippen LogP contribution in [0, 0.1) is 0 Å². The summed E-state index contributed by atoms with van der Waals surface area (Å²) in [7, 11) is 1.37. The minimum absolute atomic E-state index is 0.0450. The first kappa shape index (κ1) is 17.7. The Morgan fingerprint density at radius 3 is 2.77 bits per heavy atom. The Hall–Kier alpha value is -3.09. The van der Waals surface area contributed by atoms with E-state index in [1.54, 1.807) is 12.1 Å². The van der Waals surface area contributed by atoms with Crippen LogP contribution in [0.15, 0.2) is 48.7 Å². The van der Waals surface area contributed by atoms with Crippen molar-refractivity contribution in [3.8, 4) is 11.5 Å². The van der Waals surface area contributed by atoms with Crippen molar-refractivity contribution in [2.24, 2.45) is 0 Å². The molecule has 7 heteroatoms. The molecule has 0 fully saturated rings. The molecule has 26 heavy (non-hydrogen) atoms. The number of aromatic nitrogens is 1. The third-order valence-electron chi connectivity index (χ3n) is 3.96. The third kappa shape index (κ3) is 4.11. The number of para-hydroxylation sites is 1. The largest absolute Gasteiger partial charge is 0.493 e. The van der Waals surface area contributed by atoms with Gasteiger partial charge in [0, 0.05) is 23.6 Å². The second kappa shape index (κ2) is 7.86. The highest BCUT2D eigenvalue weighted by atomic mass is 19.3. The summed E-state index contributed by atoms with van der Waals surface area (Å²) < 4.78 is 34.1. The van der Waals surface area contributed by atoms with Gasteiger partial charge >= 0.3 is 6.61 Å². The average molecular weight is 360 g/mol. The quantitative estimate of drug-likeness (QED) is 0.676. The summed E-state index contributed by atoms with van der Waals surface area (Å²) in [5.74, 6) is 0.00618. The number of carbonyl (C=O) groups excluding carboxylic acids is 1. The maximum Gasteiger partial charge on any atom is 0.387 e. The highest BCUT2D eigenvalue weighted by Gasteiger charge is 2.12. The third-order valence-corrected chi connectivity index (χ3v) is 3.96. The molecule has 1 amide bonds. The number of H-pyrrole nitrogens is 1. The van der Waals surface area contributed by atoms with Crippen molar-refractivity contribution in [1.82, 2.24) is 10.3 Å². The molecular weight excluding hydrogens is 342 g/mol. The molecule has 2 aromatic carbocycles. The highest BCUT2D eigenvalue weighted by molar-refractivity contribution is 5.88. The van der Waals surface area contributed by atoms with Gasteiger partial charge < -0.3 is 19.8 Å². The zero-order chi connectivity index (χ0) is 18.5. The van der Waals surface area contributed by atoms with Gasteiger partial charge in [0.05, 0.1) is 13.5 Å². The van der Waals surface area contributed by atoms with Gasteiger partial charge in [0.25, 0.3) is 0 Å². The van der Waals surface area contributed by atoms with Crippen LogP contribution in [0.25, 0.3) is 10.9 Å². The van der Waals surface area contributed by atoms with Gasteiger partial charge in [0.1, 0.15) is 0 Å². The Labute approximate surface area is 148 Å². The van der Waals surface area contributed by atoms with E-state index >= 15 is 0 Å². The van der Waals surface area contributed by atoms with Gasteiger partial charge in [-0.1, -0.05) is 24.3 Å². The van der Waals surface area contributed by atoms with Gasteiger partial charge in [0.2, 0.25) is 5.91 Å². The van der Waals surface area contributed by atoms with E-state index in [9.17, 15) is 13.6 Å². The van der Waals surface area contributed by atoms with Crippen LogP contribution in [-0.2, 0) is 17.8 Å². The molecule has 0 aliphatic carbocycles. The minimum atomic E-state index is -2.93. The normalized spacial score (nSPS) is 10.9. The molecule has 0 saturated heterocycles. The number of fused-ring (bicyclic) bond motifs is 1. The topological polar surface area (TPSA) is 63.3 Å². The van der Waals surface area contributed by atoms with Gasteiger partial charge in [-0.2, -0.15) is 8.78 Å². The van der Waals surface area contributed by atoms with E-state index in [0.29, 0.717) is 0 Å². The molecule has 0 bridgehead atoms. The van der Waals surface area contributed by atoms with Crippen LogP contribution in [-0.4, -0.2) is 24.6 Å². The maximum atomic E-state index is 12.3. The summed E-state index contributed by atoms with van der Waals surface area (Å²) in [6, 6.07) is 12.3. The van der Waals surface area contributed by atoms with Crippen molar-refractivity contribution < 1.29 is 23.0 Å². The number of rotatable bonds is 7. The number of hydrogen-bond donors (Lipinski definition) is 2. The molecule has 2 N–H and O–H groups in total. The lowest BCUT2D eigenvalue weighted by Gasteiger charge is -2.12. The van der Waals surface area contributed by atoms with Crippen LogP contribution in [0.5, 0.6) is 11.5 Å². The van der Waals surface area contributed by atoms with E-state index in [4.69, 9.17) is 4.74 Å². The number of alkyl halides is 2. The van der Waals surface area contributed by atoms with Gasteiger partial charge in [-0.3, -0.25) is 4.79 Å². The predicted octanol–water partition coefficient (Wildman–Crippen LogP) is 3.64. The summed E-state index contributed by atoms with van der Waals surface area (Å²) in [6.45, 7) is -2.67. The van der Waals surface area contributed by atoms with Gasteiger partial charge in [-0.05, 0) is 29.3 Å². The number of amides is 1. The van der Waals surface area contributed by atoms with E-state index in [2.05, 4.69) is 15.0 Å². The number of carbonyl (C=O) groups is 1. The van der Waals surface area contributed by atoms with Crippen LogP contribution < -0.4 is 14.8 Å². The van der Waals surface area contributed by atoms with E-state index < -0.39 is 6.61 Å². The lowest BCUT2D eigenvalue weighted by Crippen LogP contribution is -2.24. The van der Waals surface area contributed by atoms with Crippen molar-refractivity contribution in [2.75, 3.05) is 7.11 Å². The predicted molar refractivity (Wildman–Crippen MR) is 93.5 cm³/mol. The summed E-state index contributed by atoms with van der Waals surface area (Å²) in [5.41, 5.74) is 2.61. The number of benzene rings is 2. The van der Waals surface area contributed by atoms with Gasteiger partial charge in [-0.15, -0.1) is 0 Å². The molecule has 0 aliphatic rings. The van der Waals surface area contributed by atoms with Crippen molar-refractivity contribution in [2.45, 2.75) is 19.6 Å². The molecule has 1 heterocycles.